The maximum atomic E-state index is 12.3. The topological polar surface area (TPSA) is 61.5 Å². The smallest absolute Gasteiger partial charge is 0.252 e. The van der Waals surface area contributed by atoms with Gasteiger partial charge in [-0.05, 0) is 24.6 Å². The van der Waals surface area contributed by atoms with E-state index in [4.69, 9.17) is 9.72 Å². The van der Waals surface area contributed by atoms with Crippen LogP contribution in [0.25, 0.3) is 11.3 Å². The zero-order chi connectivity index (χ0) is 19.5. The van der Waals surface area contributed by atoms with Gasteiger partial charge in [0.15, 0.2) is 0 Å². The molecule has 0 unspecified atom stereocenters. The molecule has 6 heteroatoms. The molecule has 0 spiro atoms. The second-order valence-corrected chi connectivity index (χ2v) is 6.92. The van der Waals surface area contributed by atoms with E-state index in [1.54, 1.807) is 13.2 Å². The summed E-state index contributed by atoms with van der Waals surface area (Å²) in [6.45, 7) is 5.25. The van der Waals surface area contributed by atoms with Crippen LogP contribution in [0.2, 0.25) is 0 Å². The predicted molar refractivity (Wildman–Crippen MR) is 112 cm³/mol. The van der Waals surface area contributed by atoms with Crippen molar-refractivity contribution in [3.05, 3.63) is 70.5 Å². The minimum atomic E-state index is -0.129. The number of anilines is 2. The van der Waals surface area contributed by atoms with Gasteiger partial charge in [0.2, 0.25) is 5.95 Å². The number of nitrogens with one attached hydrogen (secondary N) is 1. The van der Waals surface area contributed by atoms with Crippen molar-refractivity contribution in [1.29, 1.82) is 0 Å². The molecule has 3 aromatic rings. The molecule has 1 saturated heterocycles. The maximum Gasteiger partial charge on any atom is 0.252 e. The number of aryl methyl sites for hydroxylation is 1. The number of methoxy groups -OCH3 is 1. The van der Waals surface area contributed by atoms with E-state index in [1.165, 1.54) is 0 Å². The minimum absolute atomic E-state index is 0.129. The first-order chi connectivity index (χ1) is 13.7. The molecule has 144 valence electrons. The lowest BCUT2D eigenvalue weighted by atomic mass is 10.1. The maximum absolute atomic E-state index is 12.3. The number of hydrogen-bond donors (Lipinski definition) is 1. The molecule has 0 bridgehead atoms. The van der Waals surface area contributed by atoms with Crippen molar-refractivity contribution in [2.45, 2.75) is 6.92 Å². The Balaban J connectivity index is 1.55. The summed E-state index contributed by atoms with van der Waals surface area (Å²) in [6, 6.07) is 17.6. The number of benzene rings is 2. The van der Waals surface area contributed by atoms with E-state index in [0.717, 1.165) is 48.7 Å². The van der Waals surface area contributed by atoms with Crippen LogP contribution in [0.5, 0.6) is 5.75 Å². The Kier molecular flexibility index (Phi) is 5.02. The quantitative estimate of drug-likeness (QED) is 0.758. The summed E-state index contributed by atoms with van der Waals surface area (Å²) in [7, 11) is 1.70. The standard InChI is InChI=1S/C22H24N4O2/c1-16-7-3-4-8-17(16)18-15-21(27)24-22(23-18)26-13-11-25(12-14-26)19-9-5-6-10-20(19)28-2/h3-10,15H,11-14H2,1-2H3,(H,23,24,27). The number of piperazine rings is 1. The Morgan fingerprint density at radius 3 is 2.39 bits per heavy atom. The molecule has 0 amide bonds. The molecule has 0 aliphatic carbocycles. The number of ether oxygens (including phenoxy) is 1. The van der Waals surface area contributed by atoms with E-state index >= 15 is 0 Å². The Morgan fingerprint density at radius 1 is 0.964 bits per heavy atom. The van der Waals surface area contributed by atoms with Gasteiger partial charge in [-0.15, -0.1) is 0 Å². The Morgan fingerprint density at radius 2 is 1.64 bits per heavy atom. The summed E-state index contributed by atoms with van der Waals surface area (Å²) in [4.78, 5) is 24.3. The van der Waals surface area contributed by atoms with Crippen molar-refractivity contribution in [1.82, 2.24) is 9.97 Å². The number of aromatic nitrogens is 2. The van der Waals surface area contributed by atoms with Crippen molar-refractivity contribution in [3.63, 3.8) is 0 Å². The number of hydrogen-bond acceptors (Lipinski definition) is 5. The highest BCUT2D eigenvalue weighted by molar-refractivity contribution is 5.64. The molecule has 1 aromatic heterocycles. The van der Waals surface area contributed by atoms with Crippen LogP contribution in [0.3, 0.4) is 0 Å². The monoisotopic (exact) mass is 376 g/mol. The molecule has 0 saturated carbocycles. The predicted octanol–water partition coefficient (Wildman–Crippen LogP) is 3.08. The van der Waals surface area contributed by atoms with E-state index in [9.17, 15) is 4.79 Å². The van der Waals surface area contributed by atoms with Crippen molar-refractivity contribution in [2.75, 3.05) is 43.1 Å². The Hall–Kier alpha value is -3.28. The molecule has 2 aromatic carbocycles. The van der Waals surface area contributed by atoms with E-state index < -0.39 is 0 Å². The third-order valence-corrected chi connectivity index (χ3v) is 5.16. The molecule has 1 fully saturated rings. The molecule has 6 nitrogen and oxygen atoms in total. The first kappa shape index (κ1) is 18.1. The molecule has 0 radical (unpaired) electrons. The highest BCUT2D eigenvalue weighted by atomic mass is 16.5. The Labute approximate surface area is 164 Å². The summed E-state index contributed by atoms with van der Waals surface area (Å²) in [6.07, 6.45) is 0. The van der Waals surface area contributed by atoms with Gasteiger partial charge in [0.25, 0.3) is 5.56 Å². The molecule has 28 heavy (non-hydrogen) atoms. The molecule has 1 aliphatic heterocycles. The summed E-state index contributed by atoms with van der Waals surface area (Å²) in [5, 5.41) is 0. The first-order valence-corrected chi connectivity index (χ1v) is 9.46. The van der Waals surface area contributed by atoms with Crippen LogP contribution in [-0.2, 0) is 0 Å². The van der Waals surface area contributed by atoms with E-state index in [-0.39, 0.29) is 5.56 Å². The lowest BCUT2D eigenvalue weighted by Crippen LogP contribution is -2.47. The van der Waals surface area contributed by atoms with Gasteiger partial charge in [0.05, 0.1) is 18.5 Å². The number of H-pyrrole nitrogens is 1. The second kappa shape index (κ2) is 7.76. The van der Waals surface area contributed by atoms with E-state index in [1.807, 2.05) is 49.4 Å². The van der Waals surface area contributed by atoms with Gasteiger partial charge < -0.3 is 14.5 Å². The van der Waals surface area contributed by atoms with Gasteiger partial charge in [0, 0.05) is 37.8 Å². The fourth-order valence-corrected chi connectivity index (χ4v) is 3.64. The summed E-state index contributed by atoms with van der Waals surface area (Å²) in [5.74, 6) is 1.51. The van der Waals surface area contributed by atoms with Gasteiger partial charge in [-0.3, -0.25) is 9.78 Å². The van der Waals surface area contributed by atoms with Crippen LogP contribution in [0.15, 0.2) is 59.4 Å². The number of rotatable bonds is 4. The van der Waals surface area contributed by atoms with Crippen molar-refractivity contribution >= 4 is 11.6 Å². The Bertz CT molecular complexity index is 1020. The molecule has 1 aliphatic rings. The molecule has 1 N–H and O–H groups in total. The highest BCUT2D eigenvalue weighted by Gasteiger charge is 2.21. The largest absolute Gasteiger partial charge is 0.495 e. The average Bonchev–Trinajstić information content (AvgIpc) is 2.74. The third kappa shape index (κ3) is 3.58. The summed E-state index contributed by atoms with van der Waals surface area (Å²) in [5.41, 5.74) is 3.77. The van der Waals surface area contributed by atoms with Crippen LogP contribution < -0.4 is 20.1 Å². The zero-order valence-electron chi connectivity index (χ0n) is 16.2. The normalized spacial score (nSPS) is 14.2. The SMILES string of the molecule is COc1ccccc1N1CCN(c2nc(-c3ccccc3C)cc(=O)[nH]2)CC1. The zero-order valence-corrected chi connectivity index (χ0v) is 16.2. The van der Waals surface area contributed by atoms with Gasteiger partial charge in [-0.25, -0.2) is 4.98 Å². The second-order valence-electron chi connectivity index (χ2n) is 6.92. The molecular weight excluding hydrogens is 352 g/mol. The van der Waals surface area contributed by atoms with Gasteiger partial charge >= 0.3 is 0 Å². The summed E-state index contributed by atoms with van der Waals surface area (Å²) >= 11 is 0. The van der Waals surface area contributed by atoms with Gasteiger partial charge in [-0.1, -0.05) is 36.4 Å². The molecule has 0 atom stereocenters. The number of aromatic amines is 1. The van der Waals surface area contributed by atoms with Crippen LogP contribution in [-0.4, -0.2) is 43.3 Å². The number of para-hydroxylation sites is 2. The van der Waals surface area contributed by atoms with Crippen molar-refractivity contribution < 1.29 is 4.74 Å². The fraction of sp³-hybridized carbons (Fsp3) is 0.273. The van der Waals surface area contributed by atoms with Crippen LogP contribution in [0.4, 0.5) is 11.6 Å². The van der Waals surface area contributed by atoms with E-state index in [0.29, 0.717) is 11.6 Å². The number of nitrogens with zero attached hydrogens (tertiary/aromatic N) is 3. The van der Waals surface area contributed by atoms with Crippen molar-refractivity contribution in [2.24, 2.45) is 0 Å². The highest BCUT2D eigenvalue weighted by Crippen LogP contribution is 2.29. The summed E-state index contributed by atoms with van der Waals surface area (Å²) < 4.78 is 5.49. The minimum Gasteiger partial charge on any atom is -0.495 e. The lowest BCUT2D eigenvalue weighted by molar-refractivity contribution is 0.413. The lowest BCUT2D eigenvalue weighted by Gasteiger charge is -2.36. The third-order valence-electron chi connectivity index (χ3n) is 5.16. The average molecular weight is 376 g/mol. The molecular formula is C22H24N4O2. The van der Waals surface area contributed by atoms with Crippen LogP contribution in [0.1, 0.15) is 5.56 Å². The van der Waals surface area contributed by atoms with Crippen molar-refractivity contribution in [3.8, 4) is 17.0 Å². The van der Waals surface area contributed by atoms with E-state index in [2.05, 4.69) is 20.9 Å². The first-order valence-electron chi connectivity index (χ1n) is 9.46. The molecule has 2 heterocycles. The van der Waals surface area contributed by atoms with Crippen LogP contribution >= 0.6 is 0 Å². The van der Waals surface area contributed by atoms with Gasteiger partial charge in [0.1, 0.15) is 5.75 Å². The van der Waals surface area contributed by atoms with Gasteiger partial charge in [-0.2, -0.15) is 0 Å². The fourth-order valence-electron chi connectivity index (χ4n) is 3.64. The van der Waals surface area contributed by atoms with Crippen LogP contribution in [0, 0.1) is 6.92 Å². The molecule has 4 rings (SSSR count).